The van der Waals surface area contributed by atoms with Gasteiger partial charge in [-0.25, -0.2) is 0 Å². The number of ether oxygens (including phenoxy) is 2. The third-order valence-corrected chi connectivity index (χ3v) is 2.41. The predicted molar refractivity (Wildman–Crippen MR) is 91.2 cm³/mol. The highest BCUT2D eigenvalue weighted by atomic mass is 16.5. The first-order valence-electron chi connectivity index (χ1n) is 7.51. The highest BCUT2D eigenvalue weighted by molar-refractivity contribution is 5.30. The number of phenolic OH excluding ortho intramolecular Hbond substituents is 3. The van der Waals surface area contributed by atoms with Gasteiger partial charge >= 0.3 is 0 Å². The topological polar surface area (TPSA) is 79.2 Å². The summed E-state index contributed by atoms with van der Waals surface area (Å²) in [5.41, 5.74) is 0. The fourth-order valence-corrected chi connectivity index (χ4v) is 1.37. The van der Waals surface area contributed by atoms with Crippen molar-refractivity contribution in [3.63, 3.8) is 0 Å². The number of benzene rings is 2. The average Bonchev–Trinajstić information content (AvgIpc) is 2.55. The minimum Gasteiger partial charge on any atom is -0.508 e. The second-order valence-corrected chi connectivity index (χ2v) is 4.22. The van der Waals surface area contributed by atoms with Crippen LogP contribution in [0.1, 0.15) is 20.8 Å². The summed E-state index contributed by atoms with van der Waals surface area (Å²) in [6.45, 7) is 8.25. The van der Waals surface area contributed by atoms with Gasteiger partial charge in [0.1, 0.15) is 23.0 Å². The molecule has 5 heteroatoms. The lowest BCUT2D eigenvalue weighted by Crippen LogP contribution is -1.89. The highest BCUT2D eigenvalue weighted by Gasteiger charge is 1.89. The van der Waals surface area contributed by atoms with Gasteiger partial charge in [0, 0.05) is 13.2 Å². The summed E-state index contributed by atoms with van der Waals surface area (Å²) in [5.74, 6) is 1.40. The van der Waals surface area contributed by atoms with Crippen LogP contribution in [-0.2, 0) is 4.74 Å². The number of hydrogen-bond acceptors (Lipinski definition) is 5. The summed E-state index contributed by atoms with van der Waals surface area (Å²) in [5, 5.41) is 26.2. The molecule has 2 rings (SSSR count). The van der Waals surface area contributed by atoms with Gasteiger partial charge in [-0.1, -0.05) is 0 Å². The van der Waals surface area contributed by atoms with E-state index in [-0.39, 0.29) is 17.2 Å². The van der Waals surface area contributed by atoms with E-state index in [1.807, 2.05) is 20.8 Å². The Morgan fingerprint density at radius 2 is 0.957 bits per heavy atom. The smallest absolute Gasteiger partial charge is 0.119 e. The quantitative estimate of drug-likeness (QED) is 0.743. The molecule has 0 aliphatic heterocycles. The SMILES string of the molecule is CCOCC.CCOc1ccc(O)cc1.Oc1ccc(O)cc1. The minimum atomic E-state index is 0.169. The van der Waals surface area contributed by atoms with Crippen LogP contribution >= 0.6 is 0 Å². The van der Waals surface area contributed by atoms with Gasteiger partial charge in [-0.05, 0) is 69.3 Å². The minimum absolute atomic E-state index is 0.169. The standard InChI is InChI=1S/C8H10O2.C6H6O2.C4H10O/c1-2-10-8-5-3-7(9)4-6-8;7-5-1-2-6(8)4-3-5;1-3-5-4-2/h3-6,9H,2H2,1H3;1-4,7-8H;3-4H2,1-2H3. The lowest BCUT2D eigenvalue weighted by atomic mass is 10.3. The van der Waals surface area contributed by atoms with Crippen molar-refractivity contribution in [2.24, 2.45) is 0 Å². The van der Waals surface area contributed by atoms with Gasteiger partial charge in [0.25, 0.3) is 0 Å². The van der Waals surface area contributed by atoms with Gasteiger partial charge in [-0.2, -0.15) is 0 Å². The van der Waals surface area contributed by atoms with E-state index in [0.717, 1.165) is 19.0 Å². The molecule has 0 atom stereocenters. The fraction of sp³-hybridized carbons (Fsp3) is 0.333. The van der Waals surface area contributed by atoms with Crippen molar-refractivity contribution in [2.75, 3.05) is 19.8 Å². The molecule has 3 N–H and O–H groups in total. The molecule has 128 valence electrons. The van der Waals surface area contributed by atoms with E-state index in [1.165, 1.54) is 24.3 Å². The first kappa shape index (κ1) is 20.6. The van der Waals surface area contributed by atoms with E-state index in [4.69, 9.17) is 24.8 Å². The summed E-state index contributed by atoms with van der Waals surface area (Å²) in [4.78, 5) is 0. The molecule has 0 heterocycles. The molecule has 0 aromatic heterocycles. The van der Waals surface area contributed by atoms with Crippen LogP contribution in [0.15, 0.2) is 48.5 Å². The summed E-state index contributed by atoms with van der Waals surface area (Å²) in [7, 11) is 0. The Balaban J connectivity index is 0.000000335. The Hall–Kier alpha value is -2.40. The lowest BCUT2D eigenvalue weighted by Gasteiger charge is -2.00. The Bertz CT molecular complexity index is 471. The normalized spacial score (nSPS) is 9.00. The number of aromatic hydroxyl groups is 3. The molecular formula is C18H26O5. The summed E-state index contributed by atoms with van der Waals surface area (Å²) in [6, 6.07) is 12.4. The molecule has 0 fully saturated rings. The molecule has 0 saturated carbocycles. The first-order valence-corrected chi connectivity index (χ1v) is 7.51. The maximum Gasteiger partial charge on any atom is 0.119 e. The first-order chi connectivity index (χ1) is 11.0. The van der Waals surface area contributed by atoms with Crippen LogP contribution in [0.2, 0.25) is 0 Å². The molecule has 0 amide bonds. The number of rotatable bonds is 4. The average molecular weight is 322 g/mol. The van der Waals surface area contributed by atoms with E-state index < -0.39 is 0 Å². The second kappa shape index (κ2) is 13.3. The Morgan fingerprint density at radius 1 is 0.609 bits per heavy atom. The lowest BCUT2D eigenvalue weighted by molar-refractivity contribution is 0.162. The van der Waals surface area contributed by atoms with Crippen molar-refractivity contribution in [1.82, 2.24) is 0 Å². The third-order valence-electron chi connectivity index (χ3n) is 2.41. The van der Waals surface area contributed by atoms with Crippen LogP contribution in [0.4, 0.5) is 0 Å². The van der Waals surface area contributed by atoms with Crippen LogP contribution in [0.5, 0.6) is 23.0 Å². The van der Waals surface area contributed by atoms with Gasteiger partial charge in [0.2, 0.25) is 0 Å². The van der Waals surface area contributed by atoms with Gasteiger partial charge in [-0.15, -0.1) is 0 Å². The van der Waals surface area contributed by atoms with Crippen molar-refractivity contribution in [3.05, 3.63) is 48.5 Å². The molecule has 0 unspecified atom stereocenters. The van der Waals surface area contributed by atoms with E-state index in [0.29, 0.717) is 6.61 Å². The van der Waals surface area contributed by atoms with Crippen molar-refractivity contribution >= 4 is 0 Å². The van der Waals surface area contributed by atoms with Crippen molar-refractivity contribution in [1.29, 1.82) is 0 Å². The molecule has 5 nitrogen and oxygen atoms in total. The third kappa shape index (κ3) is 11.9. The van der Waals surface area contributed by atoms with Gasteiger partial charge in [0.15, 0.2) is 0 Å². The van der Waals surface area contributed by atoms with E-state index >= 15 is 0 Å². The Labute approximate surface area is 137 Å². The Morgan fingerprint density at radius 3 is 1.22 bits per heavy atom. The van der Waals surface area contributed by atoms with Crippen molar-refractivity contribution in [3.8, 4) is 23.0 Å². The zero-order valence-corrected chi connectivity index (χ0v) is 13.9. The van der Waals surface area contributed by atoms with Gasteiger partial charge in [0.05, 0.1) is 6.61 Å². The number of phenols is 3. The molecular weight excluding hydrogens is 296 g/mol. The van der Waals surface area contributed by atoms with Crippen LogP contribution in [0, 0.1) is 0 Å². The molecule has 23 heavy (non-hydrogen) atoms. The van der Waals surface area contributed by atoms with E-state index in [1.54, 1.807) is 24.3 Å². The molecule has 0 aliphatic rings. The predicted octanol–water partition coefficient (Wildman–Crippen LogP) is 3.93. The molecule has 0 spiro atoms. The highest BCUT2D eigenvalue weighted by Crippen LogP contribution is 2.15. The summed E-state index contributed by atoms with van der Waals surface area (Å²) in [6.07, 6.45) is 0. The molecule has 0 saturated heterocycles. The van der Waals surface area contributed by atoms with Crippen molar-refractivity contribution in [2.45, 2.75) is 20.8 Å². The van der Waals surface area contributed by atoms with Crippen molar-refractivity contribution < 1.29 is 24.8 Å². The maximum absolute atomic E-state index is 8.87. The largest absolute Gasteiger partial charge is 0.508 e. The zero-order chi connectivity index (χ0) is 17.5. The second-order valence-electron chi connectivity index (χ2n) is 4.22. The monoisotopic (exact) mass is 322 g/mol. The van der Waals surface area contributed by atoms with Crippen LogP contribution < -0.4 is 4.74 Å². The van der Waals surface area contributed by atoms with Gasteiger partial charge in [-0.3, -0.25) is 0 Å². The Kier molecular flexibility index (Phi) is 11.9. The summed E-state index contributed by atoms with van der Waals surface area (Å²) < 4.78 is 9.98. The van der Waals surface area contributed by atoms with Gasteiger partial charge < -0.3 is 24.8 Å². The fourth-order valence-electron chi connectivity index (χ4n) is 1.37. The molecule has 0 radical (unpaired) electrons. The maximum atomic E-state index is 8.87. The molecule has 0 bridgehead atoms. The molecule has 2 aromatic rings. The summed E-state index contributed by atoms with van der Waals surface area (Å²) >= 11 is 0. The zero-order valence-electron chi connectivity index (χ0n) is 13.9. The number of hydrogen-bond donors (Lipinski definition) is 3. The van der Waals surface area contributed by atoms with E-state index in [9.17, 15) is 0 Å². The van der Waals surface area contributed by atoms with Crippen LogP contribution in [0.25, 0.3) is 0 Å². The van der Waals surface area contributed by atoms with Crippen LogP contribution in [0.3, 0.4) is 0 Å². The molecule has 0 aliphatic carbocycles. The molecule has 2 aromatic carbocycles. The van der Waals surface area contributed by atoms with Crippen LogP contribution in [-0.4, -0.2) is 35.1 Å². The van der Waals surface area contributed by atoms with E-state index in [2.05, 4.69) is 0 Å².